The van der Waals surface area contributed by atoms with Gasteiger partial charge in [0.25, 0.3) is 0 Å². The molecule has 1 aliphatic heterocycles. The number of fused-ring (bicyclic) bond motifs is 1. The molecule has 0 saturated carbocycles. The highest BCUT2D eigenvalue weighted by Gasteiger charge is 2.55. The highest BCUT2D eigenvalue weighted by molar-refractivity contribution is 8.77. The van der Waals surface area contributed by atoms with Gasteiger partial charge in [-0.15, -0.1) is 11.3 Å². The van der Waals surface area contributed by atoms with Crippen molar-refractivity contribution in [3.05, 3.63) is 144 Å². The van der Waals surface area contributed by atoms with Crippen LogP contribution in [0.15, 0.2) is 132 Å². The van der Waals surface area contributed by atoms with Gasteiger partial charge in [0, 0.05) is 0 Å². The van der Waals surface area contributed by atoms with E-state index in [0.717, 1.165) is 25.7 Å². The van der Waals surface area contributed by atoms with Crippen molar-refractivity contribution in [1.29, 1.82) is 0 Å². The van der Waals surface area contributed by atoms with Crippen LogP contribution < -0.4 is 10.6 Å². The number of alkyl carbamates (subject to hydrolysis) is 1. The summed E-state index contributed by atoms with van der Waals surface area (Å²) in [7, 11) is 2.64. The number of nitrogens with one attached hydrogen (secondary N) is 2. The van der Waals surface area contributed by atoms with E-state index >= 15 is 0 Å². The Kier molecular flexibility index (Phi) is 12.1. The molecule has 4 aromatic carbocycles. The average molecular weight is 781 g/mol. The molecule has 0 spiro atoms. The molecule has 278 valence electrons. The van der Waals surface area contributed by atoms with Gasteiger partial charge in [0.15, 0.2) is 16.5 Å². The van der Waals surface area contributed by atoms with Crippen molar-refractivity contribution in [3.63, 3.8) is 0 Å². The lowest BCUT2D eigenvalue weighted by molar-refractivity contribution is -0.165. The molecule has 1 saturated heterocycles. The normalized spacial score (nSPS) is 16.6. The second kappa shape index (κ2) is 16.9. The van der Waals surface area contributed by atoms with Crippen LogP contribution in [0.3, 0.4) is 0 Å². The number of amides is 3. The highest BCUT2D eigenvalue weighted by Crippen LogP contribution is 2.46. The second-order valence-corrected chi connectivity index (χ2v) is 17.2. The number of hydrogen-bond donors (Lipinski definition) is 2. The summed E-state index contributed by atoms with van der Waals surface area (Å²) in [5.74, 6) is -1.79. The Bertz CT molecular complexity index is 2050. The van der Waals surface area contributed by atoms with Crippen molar-refractivity contribution >= 4 is 67.0 Å². The molecule has 3 amide bonds. The van der Waals surface area contributed by atoms with Crippen LogP contribution in [-0.4, -0.2) is 56.8 Å². The molecule has 10 nitrogen and oxygen atoms in total. The van der Waals surface area contributed by atoms with Crippen LogP contribution in [0.4, 0.5) is 4.79 Å². The fourth-order valence-corrected chi connectivity index (χ4v) is 9.86. The Morgan fingerprint density at radius 3 is 1.96 bits per heavy atom. The molecule has 4 atom stereocenters. The number of thiazole rings is 1. The van der Waals surface area contributed by atoms with E-state index in [1.165, 1.54) is 37.8 Å². The number of benzene rings is 4. The van der Waals surface area contributed by atoms with Gasteiger partial charge >= 0.3 is 12.1 Å². The summed E-state index contributed by atoms with van der Waals surface area (Å²) in [6.45, 7) is 10.9. The zero-order valence-electron chi connectivity index (χ0n) is 30.1. The Morgan fingerprint density at radius 1 is 0.852 bits per heavy atom. The number of β-lactam (4-membered cyclic amide) rings is 1. The number of rotatable bonds is 13. The maximum absolute atomic E-state index is 14.3. The van der Waals surface area contributed by atoms with Crippen LogP contribution in [0, 0.1) is 0 Å². The SMILES string of the molecule is C=C(C)C(C(=O)OC(c1ccccc1)c1ccccc1)N1C(=O)C(NC(=O)C(NC(=O)OC(C)(C)C)c2ccccc2)C1SSc1nc2ccccc2s1. The van der Waals surface area contributed by atoms with E-state index in [4.69, 9.17) is 14.5 Å². The van der Waals surface area contributed by atoms with Crippen molar-refractivity contribution < 1.29 is 28.7 Å². The van der Waals surface area contributed by atoms with Gasteiger partial charge in [-0.05, 0) is 72.9 Å². The zero-order chi connectivity index (χ0) is 38.4. The van der Waals surface area contributed by atoms with E-state index in [2.05, 4.69) is 17.2 Å². The molecule has 54 heavy (non-hydrogen) atoms. The minimum Gasteiger partial charge on any atom is -0.451 e. The number of aromatic nitrogens is 1. The van der Waals surface area contributed by atoms with Crippen molar-refractivity contribution in [3.8, 4) is 0 Å². The van der Waals surface area contributed by atoms with Gasteiger partial charge in [0.1, 0.15) is 23.1 Å². The van der Waals surface area contributed by atoms with Crippen molar-refractivity contribution in [2.75, 3.05) is 0 Å². The number of hydrogen-bond acceptors (Lipinski definition) is 10. The summed E-state index contributed by atoms with van der Waals surface area (Å²) < 4.78 is 13.4. The standard InChI is InChI=1S/C41H40N4O6S3/c1-25(2)33(38(48)50-34(27-19-11-7-12-20-27)28-21-13-8-14-22-28)45-36(47)32(37(45)53-54-40-42-29-23-15-16-24-30(29)52-40)43-35(46)31(26-17-9-6-10-18-26)44-39(49)51-41(3,4)5/h6-24,31-34,37H,1H2,2-5H3,(H,43,46)(H,44,49). The first-order valence-corrected chi connectivity index (χ1v) is 20.2. The first kappa shape index (κ1) is 38.6. The Morgan fingerprint density at radius 2 is 1.41 bits per heavy atom. The summed E-state index contributed by atoms with van der Waals surface area (Å²) in [5, 5.41) is 4.78. The third-order valence-electron chi connectivity index (χ3n) is 8.33. The Balaban J connectivity index is 1.29. The molecule has 1 aromatic heterocycles. The summed E-state index contributed by atoms with van der Waals surface area (Å²) in [6.07, 6.45) is -1.54. The molecule has 0 radical (unpaired) electrons. The maximum atomic E-state index is 14.3. The smallest absolute Gasteiger partial charge is 0.408 e. The molecule has 2 heterocycles. The maximum Gasteiger partial charge on any atom is 0.408 e. The van der Waals surface area contributed by atoms with E-state index in [1.807, 2.05) is 84.9 Å². The molecule has 0 bridgehead atoms. The summed E-state index contributed by atoms with van der Waals surface area (Å²) >= 11 is 1.50. The van der Waals surface area contributed by atoms with Crippen LogP contribution in [0.5, 0.6) is 0 Å². The number of carbonyl (C=O) groups is 4. The second-order valence-electron chi connectivity index (χ2n) is 13.6. The van der Waals surface area contributed by atoms with Gasteiger partial charge in [-0.3, -0.25) is 9.59 Å². The van der Waals surface area contributed by atoms with Crippen LogP contribution in [-0.2, 0) is 23.9 Å². The quantitative estimate of drug-likeness (QED) is 0.0526. The molecule has 4 unspecified atom stereocenters. The molecule has 5 aromatic rings. The monoisotopic (exact) mass is 780 g/mol. The number of para-hydroxylation sites is 1. The van der Waals surface area contributed by atoms with Crippen LogP contribution in [0.2, 0.25) is 0 Å². The van der Waals surface area contributed by atoms with Crippen LogP contribution in [0.25, 0.3) is 10.2 Å². The minimum absolute atomic E-state index is 0.391. The molecular weight excluding hydrogens is 741 g/mol. The number of esters is 1. The third kappa shape index (κ3) is 9.15. The van der Waals surface area contributed by atoms with Crippen LogP contribution in [0.1, 0.15) is 56.5 Å². The van der Waals surface area contributed by atoms with Crippen molar-refractivity contribution in [2.45, 2.75) is 67.2 Å². The molecule has 2 N–H and O–H groups in total. The summed E-state index contributed by atoms with van der Waals surface area (Å²) in [5.41, 5.74) is 2.44. The van der Waals surface area contributed by atoms with Gasteiger partial charge in [0.2, 0.25) is 11.8 Å². The number of carbonyl (C=O) groups excluding carboxylic acids is 4. The molecule has 0 aliphatic carbocycles. The lowest BCUT2D eigenvalue weighted by atomic mass is 9.97. The molecule has 1 fully saturated rings. The first-order chi connectivity index (χ1) is 25.9. The van der Waals surface area contributed by atoms with Gasteiger partial charge < -0.3 is 25.0 Å². The Hall–Kier alpha value is -5.11. The van der Waals surface area contributed by atoms with E-state index in [-0.39, 0.29) is 0 Å². The van der Waals surface area contributed by atoms with Gasteiger partial charge in [-0.1, -0.05) is 121 Å². The lowest BCUT2D eigenvalue weighted by Crippen LogP contribution is -2.73. The van der Waals surface area contributed by atoms with E-state index in [9.17, 15) is 19.2 Å². The topological polar surface area (TPSA) is 127 Å². The highest BCUT2D eigenvalue weighted by atomic mass is 33.1. The van der Waals surface area contributed by atoms with Gasteiger partial charge in [-0.2, -0.15) is 0 Å². The first-order valence-electron chi connectivity index (χ1n) is 17.2. The molecular formula is C41H40N4O6S3. The van der Waals surface area contributed by atoms with E-state index in [0.29, 0.717) is 11.1 Å². The minimum atomic E-state index is -1.18. The fourth-order valence-electron chi connectivity index (χ4n) is 5.90. The molecule has 1 aliphatic rings. The van der Waals surface area contributed by atoms with E-state index in [1.54, 1.807) is 58.0 Å². The predicted octanol–water partition coefficient (Wildman–Crippen LogP) is 8.23. The fraction of sp³-hybridized carbons (Fsp3) is 0.244. The van der Waals surface area contributed by atoms with Crippen molar-refractivity contribution in [2.24, 2.45) is 0 Å². The number of ether oxygens (including phenoxy) is 2. The Labute approximate surface area is 326 Å². The largest absolute Gasteiger partial charge is 0.451 e. The molecule has 13 heteroatoms. The van der Waals surface area contributed by atoms with E-state index < -0.39 is 59.1 Å². The summed E-state index contributed by atoms with van der Waals surface area (Å²) in [6, 6.07) is 31.8. The molecule has 6 rings (SSSR count). The zero-order valence-corrected chi connectivity index (χ0v) is 32.6. The number of nitrogens with zero attached hydrogens (tertiary/aromatic N) is 2. The van der Waals surface area contributed by atoms with Gasteiger partial charge in [0.05, 0.1) is 10.2 Å². The summed E-state index contributed by atoms with van der Waals surface area (Å²) in [4.78, 5) is 61.6. The predicted molar refractivity (Wildman–Crippen MR) is 214 cm³/mol. The third-order valence-corrected chi connectivity index (χ3v) is 12.4. The lowest BCUT2D eigenvalue weighted by Gasteiger charge is -2.49. The van der Waals surface area contributed by atoms with Gasteiger partial charge in [-0.25, -0.2) is 14.6 Å². The van der Waals surface area contributed by atoms with Crippen molar-refractivity contribution in [1.82, 2.24) is 20.5 Å². The average Bonchev–Trinajstić information content (AvgIpc) is 3.58. The van der Waals surface area contributed by atoms with Crippen LogP contribution >= 0.6 is 32.9 Å². The number of likely N-dealkylation sites (tertiary alicyclic amines) is 1.